The number of H-pyrrole nitrogens is 2. The second-order valence-corrected chi connectivity index (χ2v) is 10.2. The third kappa shape index (κ3) is 3.81. The second kappa shape index (κ2) is 7.81. The lowest BCUT2D eigenvalue weighted by molar-refractivity contribution is 0.582. The van der Waals surface area contributed by atoms with Crippen molar-refractivity contribution in [1.82, 2.24) is 30.6 Å². The minimum atomic E-state index is -4.53. The van der Waals surface area contributed by atoms with E-state index in [1.807, 2.05) is 0 Å². The van der Waals surface area contributed by atoms with Crippen molar-refractivity contribution < 1.29 is 16.8 Å². The minimum absolute atomic E-state index is 0.0828. The number of aromatic nitrogens is 6. The average molecular weight is 463 g/mol. The Morgan fingerprint density at radius 1 is 1.03 bits per heavy atom. The third-order valence-electron chi connectivity index (χ3n) is 4.67. The van der Waals surface area contributed by atoms with Gasteiger partial charge in [0.15, 0.2) is 9.84 Å². The fourth-order valence-electron chi connectivity index (χ4n) is 3.37. The molecule has 0 unspecified atom stereocenters. The normalized spacial score (nSPS) is 12.5. The molecule has 0 aliphatic rings. The number of para-hydroxylation sites is 1. The quantitative estimate of drug-likeness (QED) is 0.295. The van der Waals surface area contributed by atoms with Gasteiger partial charge in [0.2, 0.25) is 15.8 Å². The Morgan fingerprint density at radius 3 is 2.52 bits per heavy atom. The van der Waals surface area contributed by atoms with E-state index in [1.165, 1.54) is 18.5 Å². The molecule has 0 amide bonds. The number of fused-ring (bicyclic) bond motifs is 1. The van der Waals surface area contributed by atoms with Crippen LogP contribution in [0.1, 0.15) is 6.42 Å². The van der Waals surface area contributed by atoms with Crippen LogP contribution in [0.15, 0.2) is 46.5 Å². The molecule has 31 heavy (non-hydrogen) atoms. The van der Waals surface area contributed by atoms with E-state index in [9.17, 15) is 16.8 Å². The van der Waals surface area contributed by atoms with Crippen LogP contribution in [0, 0.1) is 0 Å². The van der Waals surface area contributed by atoms with Gasteiger partial charge in [-0.3, -0.25) is 0 Å². The average Bonchev–Trinajstić information content (AvgIpc) is 3.42. The Kier molecular flexibility index (Phi) is 5.30. The molecule has 0 spiro atoms. The van der Waals surface area contributed by atoms with E-state index in [0.717, 1.165) is 0 Å². The monoisotopic (exact) mass is 462 g/mol. The van der Waals surface area contributed by atoms with Crippen molar-refractivity contribution in [1.29, 1.82) is 0 Å². The van der Waals surface area contributed by atoms with Gasteiger partial charge in [0.25, 0.3) is 0 Å². The standard InChI is InChI=1S/C17H18N8O4S2/c18-7-2-8-30(26,27)13-6-5-10(11-3-1-4-12-15(11)21-9-20-12)14(16(13)31(19,28)29)17-22-24-25-23-17/h1,3-6,9H,2,7-8,18H2,(H,20,21)(H2,19,28,29)(H,22,23,24,25). The van der Waals surface area contributed by atoms with E-state index in [1.54, 1.807) is 18.2 Å². The van der Waals surface area contributed by atoms with Crippen LogP contribution in [0.3, 0.4) is 0 Å². The number of aromatic amines is 2. The summed E-state index contributed by atoms with van der Waals surface area (Å²) in [5.41, 5.74) is 7.48. The third-order valence-corrected chi connectivity index (χ3v) is 7.63. The number of sulfone groups is 1. The zero-order chi connectivity index (χ0) is 22.2. The Balaban J connectivity index is 2.13. The van der Waals surface area contributed by atoms with E-state index >= 15 is 0 Å². The summed E-state index contributed by atoms with van der Waals surface area (Å²) in [5.74, 6) is -0.464. The van der Waals surface area contributed by atoms with Crippen LogP contribution in [0.4, 0.5) is 0 Å². The SMILES string of the molecule is NCCCS(=O)(=O)c1ccc(-c2cccc3[nH]cnc23)c(-c2nn[nH]n2)c1S(N)(=O)=O. The number of tetrazole rings is 1. The smallest absolute Gasteiger partial charge is 0.240 e. The summed E-state index contributed by atoms with van der Waals surface area (Å²) >= 11 is 0. The largest absolute Gasteiger partial charge is 0.345 e. The van der Waals surface area contributed by atoms with Gasteiger partial charge in [-0.05, 0) is 35.9 Å². The first kappa shape index (κ1) is 21.0. The summed E-state index contributed by atoms with van der Waals surface area (Å²) < 4.78 is 51.2. The summed E-state index contributed by atoms with van der Waals surface area (Å²) in [4.78, 5) is 6.22. The number of primary sulfonamides is 1. The number of rotatable bonds is 7. The maximum Gasteiger partial charge on any atom is 0.240 e. The first-order valence-corrected chi connectivity index (χ1v) is 12.2. The van der Waals surface area contributed by atoms with Crippen molar-refractivity contribution in [3.8, 4) is 22.5 Å². The van der Waals surface area contributed by atoms with Gasteiger partial charge in [-0.15, -0.1) is 10.2 Å². The van der Waals surface area contributed by atoms with E-state index in [2.05, 4.69) is 30.6 Å². The highest BCUT2D eigenvalue weighted by Crippen LogP contribution is 2.40. The van der Waals surface area contributed by atoms with Crippen molar-refractivity contribution in [2.45, 2.75) is 16.2 Å². The van der Waals surface area contributed by atoms with Gasteiger partial charge in [-0.1, -0.05) is 18.2 Å². The Bertz CT molecular complexity index is 1460. The molecule has 2 aromatic carbocycles. The molecule has 4 aromatic rings. The molecule has 6 N–H and O–H groups in total. The van der Waals surface area contributed by atoms with Gasteiger partial charge in [-0.2, -0.15) is 5.21 Å². The number of nitrogens with one attached hydrogen (secondary N) is 2. The summed E-state index contributed by atoms with van der Waals surface area (Å²) in [6.45, 7) is 0.126. The van der Waals surface area contributed by atoms with E-state index < -0.39 is 29.7 Å². The van der Waals surface area contributed by atoms with Crippen molar-refractivity contribution in [2.75, 3.05) is 12.3 Å². The van der Waals surface area contributed by atoms with E-state index in [-0.39, 0.29) is 30.1 Å². The van der Waals surface area contributed by atoms with Crippen LogP contribution in [-0.2, 0) is 19.9 Å². The zero-order valence-corrected chi connectivity index (χ0v) is 17.6. The van der Waals surface area contributed by atoms with Crippen LogP contribution in [0.25, 0.3) is 33.5 Å². The van der Waals surface area contributed by atoms with E-state index in [0.29, 0.717) is 22.2 Å². The topological polar surface area (TPSA) is 203 Å². The highest BCUT2D eigenvalue weighted by atomic mass is 32.2. The van der Waals surface area contributed by atoms with Crippen molar-refractivity contribution in [3.05, 3.63) is 36.7 Å². The first-order chi connectivity index (χ1) is 14.7. The number of sulfonamides is 1. The van der Waals surface area contributed by atoms with Crippen LogP contribution in [-0.4, -0.2) is 59.7 Å². The van der Waals surface area contributed by atoms with E-state index in [4.69, 9.17) is 10.9 Å². The highest BCUT2D eigenvalue weighted by Gasteiger charge is 2.32. The molecule has 2 heterocycles. The maximum absolute atomic E-state index is 12.9. The number of imidazole rings is 1. The Hall–Kier alpha value is -3.20. The van der Waals surface area contributed by atoms with Gasteiger partial charge in [-0.25, -0.2) is 27.0 Å². The number of nitrogens with two attached hydrogens (primary N) is 2. The molecule has 0 fully saturated rings. The number of benzene rings is 2. The fourth-order valence-corrected chi connectivity index (χ4v) is 6.36. The predicted octanol–water partition coefficient (Wildman–Crippen LogP) is 0.180. The fraction of sp³-hybridized carbons (Fsp3) is 0.176. The van der Waals surface area contributed by atoms with Crippen LogP contribution >= 0.6 is 0 Å². The maximum atomic E-state index is 12.9. The van der Waals surface area contributed by atoms with Crippen LogP contribution in [0.2, 0.25) is 0 Å². The van der Waals surface area contributed by atoms with Gasteiger partial charge >= 0.3 is 0 Å². The molecule has 2 aromatic heterocycles. The molecule has 14 heteroatoms. The van der Waals surface area contributed by atoms with Crippen LogP contribution in [0.5, 0.6) is 0 Å². The molecule has 0 radical (unpaired) electrons. The number of nitrogens with zero attached hydrogens (tertiary/aromatic N) is 4. The first-order valence-electron chi connectivity index (χ1n) is 9.03. The molecule has 0 saturated carbocycles. The Morgan fingerprint density at radius 2 is 1.84 bits per heavy atom. The minimum Gasteiger partial charge on any atom is -0.345 e. The Labute approximate surface area is 177 Å². The molecular weight excluding hydrogens is 444 g/mol. The van der Waals surface area contributed by atoms with Gasteiger partial charge in [0.1, 0.15) is 4.90 Å². The summed E-state index contributed by atoms with van der Waals surface area (Å²) in [7, 11) is -8.56. The van der Waals surface area contributed by atoms with Crippen LogP contribution < -0.4 is 10.9 Å². The molecule has 0 bridgehead atoms. The number of hydrogen-bond acceptors (Lipinski definition) is 9. The van der Waals surface area contributed by atoms with Crippen molar-refractivity contribution >= 4 is 30.9 Å². The molecule has 0 atom stereocenters. The lowest BCUT2D eigenvalue weighted by atomic mass is 9.98. The van der Waals surface area contributed by atoms with Crippen molar-refractivity contribution in [2.24, 2.45) is 10.9 Å². The summed E-state index contributed by atoms with van der Waals surface area (Å²) in [6, 6.07) is 7.97. The molecule has 0 aliphatic heterocycles. The molecule has 0 saturated heterocycles. The molecular formula is C17H18N8O4S2. The molecule has 162 valence electrons. The molecule has 0 aliphatic carbocycles. The second-order valence-electron chi connectivity index (χ2n) is 6.66. The highest BCUT2D eigenvalue weighted by molar-refractivity contribution is 7.93. The predicted molar refractivity (Wildman–Crippen MR) is 112 cm³/mol. The number of hydrogen-bond donors (Lipinski definition) is 4. The van der Waals surface area contributed by atoms with Crippen molar-refractivity contribution in [3.63, 3.8) is 0 Å². The van der Waals surface area contributed by atoms with Gasteiger partial charge in [0, 0.05) is 5.56 Å². The zero-order valence-electron chi connectivity index (χ0n) is 16.0. The molecule has 12 nitrogen and oxygen atoms in total. The van der Waals surface area contributed by atoms with Gasteiger partial charge in [0.05, 0.1) is 33.6 Å². The lowest BCUT2D eigenvalue weighted by Crippen LogP contribution is -2.21. The summed E-state index contributed by atoms with van der Waals surface area (Å²) in [5, 5.41) is 19.0. The molecule has 4 rings (SSSR count). The lowest BCUT2D eigenvalue weighted by Gasteiger charge is -2.16. The summed E-state index contributed by atoms with van der Waals surface area (Å²) in [6.07, 6.45) is 1.65. The van der Waals surface area contributed by atoms with Gasteiger partial charge < -0.3 is 10.7 Å².